The molecule has 0 N–H and O–H groups in total. The molecule has 2 unspecified atom stereocenters. The minimum Gasteiger partial charge on any atom is -0.466 e. The molecule has 0 aromatic heterocycles. The number of likely N-dealkylation sites (tertiary alicyclic amines) is 1. The van der Waals surface area contributed by atoms with Crippen LogP contribution in [0.25, 0.3) is 0 Å². The zero-order valence-corrected chi connectivity index (χ0v) is 18.7. The van der Waals surface area contributed by atoms with Gasteiger partial charge in [0.05, 0.1) is 25.2 Å². The van der Waals surface area contributed by atoms with Gasteiger partial charge >= 0.3 is 5.97 Å². The van der Waals surface area contributed by atoms with Crippen molar-refractivity contribution in [3.63, 3.8) is 0 Å². The summed E-state index contributed by atoms with van der Waals surface area (Å²) in [5.41, 5.74) is 3.93. The summed E-state index contributed by atoms with van der Waals surface area (Å²) in [6, 6.07) is 15.3. The highest BCUT2D eigenvalue weighted by Gasteiger charge is 2.27. The smallest absolute Gasteiger partial charge is 0.310 e. The Hall–Kier alpha value is -1.82. The minimum absolute atomic E-state index is 0.00330. The van der Waals surface area contributed by atoms with Crippen LogP contribution in [0.3, 0.4) is 0 Å². The van der Waals surface area contributed by atoms with Gasteiger partial charge in [-0.25, -0.2) is 0 Å². The number of nitrogens with zero attached hydrogens (tertiary/aromatic N) is 1. The second-order valence-corrected chi connectivity index (χ2v) is 9.29. The largest absolute Gasteiger partial charge is 0.466 e. The Kier molecular flexibility index (Phi) is 7.13. The molecule has 2 aromatic carbocycles. The van der Waals surface area contributed by atoms with Gasteiger partial charge in [0.15, 0.2) is 0 Å². The maximum absolute atomic E-state index is 12.1. The summed E-state index contributed by atoms with van der Waals surface area (Å²) in [6.45, 7) is 7.80. The van der Waals surface area contributed by atoms with Crippen LogP contribution in [0, 0.1) is 12.8 Å². The van der Waals surface area contributed by atoms with Gasteiger partial charge in [-0.05, 0) is 56.5 Å². The van der Waals surface area contributed by atoms with Crippen LogP contribution in [-0.4, -0.2) is 43.7 Å². The van der Waals surface area contributed by atoms with Gasteiger partial charge in [0, 0.05) is 29.3 Å². The second kappa shape index (κ2) is 9.99. The summed E-state index contributed by atoms with van der Waals surface area (Å²) >= 11 is 1.84. The molecule has 2 heterocycles. The van der Waals surface area contributed by atoms with Crippen LogP contribution in [0.4, 0.5) is 0 Å². The summed E-state index contributed by atoms with van der Waals surface area (Å²) in [5.74, 6) is -0.0478. The first-order valence-electron chi connectivity index (χ1n) is 11.0. The summed E-state index contributed by atoms with van der Waals surface area (Å²) in [5, 5.41) is 0. The highest BCUT2D eigenvalue weighted by molar-refractivity contribution is 7.99. The van der Waals surface area contributed by atoms with Gasteiger partial charge in [0.25, 0.3) is 0 Å². The number of ether oxygens (including phenoxy) is 2. The molecule has 2 aromatic rings. The van der Waals surface area contributed by atoms with Crippen molar-refractivity contribution in [3.05, 3.63) is 59.2 Å². The fourth-order valence-corrected chi connectivity index (χ4v) is 5.53. The van der Waals surface area contributed by atoms with Gasteiger partial charge < -0.3 is 14.4 Å². The third kappa shape index (κ3) is 5.08. The Morgan fingerprint density at radius 1 is 1.20 bits per heavy atom. The predicted octanol–water partition coefficient (Wildman–Crippen LogP) is 5.04. The van der Waals surface area contributed by atoms with Gasteiger partial charge in [0.2, 0.25) is 0 Å². The van der Waals surface area contributed by atoms with Crippen LogP contribution < -0.4 is 0 Å². The molecule has 0 aliphatic carbocycles. The van der Waals surface area contributed by atoms with E-state index in [9.17, 15) is 4.79 Å². The Bertz CT molecular complexity index is 884. The number of carbonyl (C=O) groups excluding carboxylic acids is 1. The van der Waals surface area contributed by atoms with Crippen molar-refractivity contribution in [2.75, 3.05) is 32.8 Å². The lowest BCUT2D eigenvalue weighted by Gasteiger charge is -2.31. The van der Waals surface area contributed by atoms with E-state index < -0.39 is 0 Å². The molecule has 160 valence electrons. The predicted molar refractivity (Wildman–Crippen MR) is 120 cm³/mol. The molecule has 0 saturated carbocycles. The molecule has 30 heavy (non-hydrogen) atoms. The molecule has 4 nitrogen and oxygen atoms in total. The summed E-state index contributed by atoms with van der Waals surface area (Å²) in [4.78, 5) is 17.1. The van der Waals surface area contributed by atoms with Gasteiger partial charge in [-0.2, -0.15) is 0 Å². The molecule has 0 bridgehead atoms. The quantitative estimate of drug-likeness (QED) is 0.607. The number of fused-ring (bicyclic) bond motifs is 2. The van der Waals surface area contributed by atoms with Crippen LogP contribution in [0.2, 0.25) is 0 Å². The van der Waals surface area contributed by atoms with E-state index >= 15 is 0 Å². The molecular weight excluding hydrogens is 394 g/mol. The van der Waals surface area contributed by atoms with Crippen LogP contribution in [0.1, 0.15) is 42.6 Å². The lowest BCUT2D eigenvalue weighted by molar-refractivity contribution is -0.150. The zero-order chi connectivity index (χ0) is 20.9. The number of hydrogen-bond acceptors (Lipinski definition) is 5. The SMILES string of the molecule is CCOC(=O)C1CCCN(CCOC2Cc3cc(C)ccc3Sc3ccccc32)C1. The van der Waals surface area contributed by atoms with Gasteiger partial charge in [-0.1, -0.05) is 47.7 Å². The third-order valence-corrected chi connectivity index (χ3v) is 7.17. The van der Waals surface area contributed by atoms with Crippen molar-refractivity contribution >= 4 is 17.7 Å². The van der Waals surface area contributed by atoms with E-state index in [0.717, 1.165) is 38.9 Å². The monoisotopic (exact) mass is 425 g/mol. The fraction of sp³-hybridized carbons (Fsp3) is 0.480. The van der Waals surface area contributed by atoms with E-state index in [1.54, 1.807) is 0 Å². The van der Waals surface area contributed by atoms with E-state index in [-0.39, 0.29) is 18.0 Å². The molecule has 0 amide bonds. The molecule has 4 rings (SSSR count). The lowest BCUT2D eigenvalue weighted by atomic mass is 9.98. The van der Waals surface area contributed by atoms with Crippen molar-refractivity contribution in [1.82, 2.24) is 4.90 Å². The van der Waals surface area contributed by atoms with Crippen LogP contribution >= 0.6 is 11.8 Å². The molecule has 5 heteroatoms. The first kappa shape index (κ1) is 21.4. The first-order chi connectivity index (χ1) is 14.6. The van der Waals surface area contributed by atoms with Crippen molar-refractivity contribution in [1.29, 1.82) is 0 Å². The van der Waals surface area contributed by atoms with E-state index in [2.05, 4.69) is 54.3 Å². The molecular formula is C25H31NO3S. The number of aryl methyl sites for hydroxylation is 1. The van der Waals surface area contributed by atoms with E-state index in [4.69, 9.17) is 9.47 Å². The van der Waals surface area contributed by atoms with Crippen molar-refractivity contribution < 1.29 is 14.3 Å². The Morgan fingerprint density at radius 3 is 2.93 bits per heavy atom. The van der Waals surface area contributed by atoms with Crippen molar-refractivity contribution in [3.8, 4) is 0 Å². The number of hydrogen-bond donors (Lipinski definition) is 0. The van der Waals surface area contributed by atoms with E-state index in [0.29, 0.717) is 13.2 Å². The van der Waals surface area contributed by atoms with E-state index in [1.807, 2.05) is 18.7 Å². The first-order valence-corrected chi connectivity index (χ1v) is 11.8. The molecule has 2 aliphatic rings. The highest BCUT2D eigenvalue weighted by Crippen LogP contribution is 2.42. The Labute approximate surface area is 183 Å². The van der Waals surface area contributed by atoms with Gasteiger partial charge in [0.1, 0.15) is 0 Å². The van der Waals surface area contributed by atoms with Crippen molar-refractivity contribution in [2.24, 2.45) is 5.92 Å². The zero-order valence-electron chi connectivity index (χ0n) is 17.9. The summed E-state index contributed by atoms with van der Waals surface area (Å²) in [7, 11) is 0. The molecule has 1 fully saturated rings. The fourth-order valence-electron chi connectivity index (χ4n) is 4.42. The second-order valence-electron chi connectivity index (χ2n) is 8.21. The number of rotatable bonds is 6. The number of benzene rings is 2. The normalized spacial score (nSPS) is 21.4. The minimum atomic E-state index is -0.0511. The third-order valence-electron chi connectivity index (χ3n) is 5.96. The number of piperidine rings is 1. The number of esters is 1. The average molecular weight is 426 g/mol. The number of carbonyl (C=O) groups is 1. The maximum Gasteiger partial charge on any atom is 0.310 e. The van der Waals surface area contributed by atoms with Gasteiger partial charge in [-0.3, -0.25) is 4.79 Å². The van der Waals surface area contributed by atoms with Crippen LogP contribution in [0.15, 0.2) is 52.3 Å². The summed E-state index contributed by atoms with van der Waals surface area (Å²) < 4.78 is 11.7. The topological polar surface area (TPSA) is 38.8 Å². The maximum atomic E-state index is 12.1. The lowest BCUT2D eigenvalue weighted by Crippen LogP contribution is -2.41. The highest BCUT2D eigenvalue weighted by atomic mass is 32.2. The summed E-state index contributed by atoms with van der Waals surface area (Å²) in [6.07, 6.45) is 2.92. The van der Waals surface area contributed by atoms with Crippen LogP contribution in [-0.2, 0) is 20.7 Å². The molecule has 2 atom stereocenters. The Balaban J connectivity index is 1.40. The average Bonchev–Trinajstić information content (AvgIpc) is 2.90. The Morgan fingerprint density at radius 2 is 2.07 bits per heavy atom. The van der Waals surface area contributed by atoms with Crippen molar-refractivity contribution in [2.45, 2.75) is 49.0 Å². The molecule has 2 aliphatic heterocycles. The van der Waals surface area contributed by atoms with Gasteiger partial charge in [-0.15, -0.1) is 0 Å². The van der Waals surface area contributed by atoms with E-state index in [1.165, 1.54) is 26.5 Å². The van der Waals surface area contributed by atoms with Crippen LogP contribution in [0.5, 0.6) is 0 Å². The molecule has 0 spiro atoms. The molecule has 1 saturated heterocycles. The molecule has 0 radical (unpaired) electrons. The standard InChI is InChI=1S/C25H31NO3S/c1-3-28-25(27)19-7-6-12-26(17-19)13-14-29-22-16-20-15-18(2)10-11-23(20)30-24-9-5-4-8-21(22)24/h4-5,8-11,15,19,22H,3,6-7,12-14,16-17H2,1-2H3.